The predicted molar refractivity (Wildman–Crippen MR) is 108 cm³/mol. The molecule has 1 amide bonds. The Kier molecular flexibility index (Phi) is 7.85. The Morgan fingerprint density at radius 2 is 1.77 bits per heavy atom. The summed E-state index contributed by atoms with van der Waals surface area (Å²) in [5, 5.41) is 3.01. The molecule has 2 aromatic rings. The van der Waals surface area contributed by atoms with Crippen molar-refractivity contribution in [2.24, 2.45) is 0 Å². The van der Waals surface area contributed by atoms with Gasteiger partial charge in [-0.2, -0.15) is 0 Å². The number of benzene rings is 2. The molecule has 0 saturated carbocycles. The van der Waals surface area contributed by atoms with Crippen molar-refractivity contribution in [1.29, 1.82) is 0 Å². The lowest BCUT2D eigenvalue weighted by Gasteiger charge is -2.13. The van der Waals surface area contributed by atoms with Crippen molar-refractivity contribution >= 4 is 17.7 Å². The maximum absolute atomic E-state index is 12.5. The SMILES string of the molecule is CCOc1ccc(CCNC(=O)c2cc(SC)ccc2C)cc1OCC. The van der Waals surface area contributed by atoms with Gasteiger partial charge in [-0.15, -0.1) is 11.8 Å². The van der Waals surface area contributed by atoms with Gasteiger partial charge in [0, 0.05) is 17.0 Å². The highest BCUT2D eigenvalue weighted by Gasteiger charge is 2.10. The van der Waals surface area contributed by atoms with Crippen LogP contribution in [0, 0.1) is 6.92 Å². The van der Waals surface area contributed by atoms with Gasteiger partial charge >= 0.3 is 0 Å². The van der Waals surface area contributed by atoms with Crippen molar-refractivity contribution in [3.63, 3.8) is 0 Å². The molecule has 2 aromatic carbocycles. The number of ether oxygens (including phenoxy) is 2. The first-order valence-electron chi connectivity index (χ1n) is 8.90. The Bertz CT molecular complexity index is 746. The number of hydrogen-bond donors (Lipinski definition) is 1. The summed E-state index contributed by atoms with van der Waals surface area (Å²) in [4.78, 5) is 13.6. The summed E-state index contributed by atoms with van der Waals surface area (Å²) in [6.07, 6.45) is 2.74. The van der Waals surface area contributed by atoms with E-state index in [0.717, 1.165) is 39.5 Å². The van der Waals surface area contributed by atoms with Gasteiger partial charge in [0.05, 0.1) is 13.2 Å². The van der Waals surface area contributed by atoms with Crippen LogP contribution in [0.15, 0.2) is 41.3 Å². The van der Waals surface area contributed by atoms with Crippen LogP contribution in [0.1, 0.15) is 35.3 Å². The van der Waals surface area contributed by atoms with Crippen LogP contribution in [0.5, 0.6) is 11.5 Å². The van der Waals surface area contributed by atoms with Crippen LogP contribution in [0.2, 0.25) is 0 Å². The number of rotatable bonds is 9. The third-order valence-corrected chi connectivity index (χ3v) is 4.72. The molecule has 0 radical (unpaired) electrons. The van der Waals surface area contributed by atoms with Crippen molar-refractivity contribution in [3.8, 4) is 11.5 Å². The number of nitrogens with one attached hydrogen (secondary N) is 1. The third kappa shape index (κ3) is 5.43. The maximum atomic E-state index is 12.5. The van der Waals surface area contributed by atoms with E-state index in [1.807, 2.05) is 63.4 Å². The lowest BCUT2D eigenvalue weighted by atomic mass is 10.1. The lowest BCUT2D eigenvalue weighted by molar-refractivity contribution is 0.0953. The number of carbonyl (C=O) groups excluding carboxylic acids is 1. The van der Waals surface area contributed by atoms with E-state index in [2.05, 4.69) is 5.32 Å². The van der Waals surface area contributed by atoms with Crippen LogP contribution in [-0.4, -0.2) is 31.9 Å². The molecule has 0 atom stereocenters. The van der Waals surface area contributed by atoms with Crippen LogP contribution in [0.25, 0.3) is 0 Å². The van der Waals surface area contributed by atoms with Crippen LogP contribution >= 0.6 is 11.8 Å². The fourth-order valence-corrected chi connectivity index (χ4v) is 3.08. The molecule has 0 heterocycles. The number of carbonyl (C=O) groups is 1. The monoisotopic (exact) mass is 373 g/mol. The molecule has 5 heteroatoms. The molecule has 2 rings (SSSR count). The maximum Gasteiger partial charge on any atom is 0.251 e. The van der Waals surface area contributed by atoms with E-state index in [9.17, 15) is 4.79 Å². The van der Waals surface area contributed by atoms with E-state index in [1.165, 1.54) is 0 Å². The molecule has 0 aliphatic heterocycles. The van der Waals surface area contributed by atoms with Crippen LogP contribution < -0.4 is 14.8 Å². The summed E-state index contributed by atoms with van der Waals surface area (Å²) in [6.45, 7) is 7.62. The third-order valence-electron chi connectivity index (χ3n) is 4.00. The molecule has 0 unspecified atom stereocenters. The van der Waals surface area contributed by atoms with Gasteiger partial charge in [-0.25, -0.2) is 0 Å². The second-order valence-electron chi connectivity index (χ2n) is 5.83. The summed E-state index contributed by atoms with van der Waals surface area (Å²) in [7, 11) is 0. The van der Waals surface area contributed by atoms with Crippen molar-refractivity contribution in [2.45, 2.75) is 32.1 Å². The van der Waals surface area contributed by atoms with Gasteiger partial charge in [-0.3, -0.25) is 4.79 Å². The topological polar surface area (TPSA) is 47.6 Å². The average Bonchev–Trinajstić information content (AvgIpc) is 2.64. The minimum Gasteiger partial charge on any atom is -0.490 e. The first-order valence-corrected chi connectivity index (χ1v) is 10.1. The molecule has 0 spiro atoms. The average molecular weight is 374 g/mol. The zero-order valence-electron chi connectivity index (χ0n) is 15.9. The molecule has 0 saturated heterocycles. The van der Waals surface area contributed by atoms with Crippen molar-refractivity contribution in [3.05, 3.63) is 53.1 Å². The second kappa shape index (κ2) is 10.1. The molecule has 0 aliphatic rings. The van der Waals surface area contributed by atoms with Gasteiger partial charge in [0.15, 0.2) is 11.5 Å². The summed E-state index contributed by atoms with van der Waals surface area (Å²) in [5.74, 6) is 1.47. The molecular weight excluding hydrogens is 346 g/mol. The Morgan fingerprint density at radius 1 is 1.04 bits per heavy atom. The lowest BCUT2D eigenvalue weighted by Crippen LogP contribution is -2.26. The van der Waals surface area contributed by atoms with Crippen molar-refractivity contribution in [2.75, 3.05) is 26.0 Å². The van der Waals surface area contributed by atoms with Gasteiger partial charge in [0.1, 0.15) is 0 Å². The highest BCUT2D eigenvalue weighted by Crippen LogP contribution is 2.28. The Labute approximate surface area is 160 Å². The molecule has 4 nitrogen and oxygen atoms in total. The van der Waals surface area contributed by atoms with Crippen LogP contribution in [-0.2, 0) is 6.42 Å². The Hall–Kier alpha value is -2.14. The van der Waals surface area contributed by atoms with E-state index in [4.69, 9.17) is 9.47 Å². The van der Waals surface area contributed by atoms with E-state index < -0.39 is 0 Å². The summed E-state index contributed by atoms with van der Waals surface area (Å²) >= 11 is 1.64. The molecule has 26 heavy (non-hydrogen) atoms. The number of hydrogen-bond acceptors (Lipinski definition) is 4. The Morgan fingerprint density at radius 3 is 2.46 bits per heavy atom. The zero-order valence-corrected chi connectivity index (χ0v) is 16.7. The fraction of sp³-hybridized carbons (Fsp3) is 0.381. The minimum atomic E-state index is -0.0330. The molecule has 140 valence electrons. The smallest absolute Gasteiger partial charge is 0.251 e. The van der Waals surface area contributed by atoms with Gasteiger partial charge in [0.25, 0.3) is 5.91 Å². The van der Waals surface area contributed by atoms with Gasteiger partial charge in [0.2, 0.25) is 0 Å². The largest absolute Gasteiger partial charge is 0.490 e. The van der Waals surface area contributed by atoms with Crippen LogP contribution in [0.4, 0.5) is 0 Å². The molecule has 0 aliphatic carbocycles. The van der Waals surface area contributed by atoms with E-state index in [-0.39, 0.29) is 5.91 Å². The van der Waals surface area contributed by atoms with Gasteiger partial charge in [-0.05, 0) is 68.8 Å². The minimum absolute atomic E-state index is 0.0330. The Balaban J connectivity index is 1.99. The fourth-order valence-electron chi connectivity index (χ4n) is 2.64. The van der Waals surface area contributed by atoms with Gasteiger partial charge < -0.3 is 14.8 Å². The number of amides is 1. The molecular formula is C21H27NO3S. The number of aryl methyl sites for hydroxylation is 1. The quantitative estimate of drug-likeness (QED) is 0.658. The zero-order chi connectivity index (χ0) is 18.9. The first-order chi connectivity index (χ1) is 12.6. The first kappa shape index (κ1) is 20.2. The summed E-state index contributed by atoms with van der Waals surface area (Å²) in [6, 6.07) is 11.9. The van der Waals surface area contributed by atoms with E-state index >= 15 is 0 Å². The van der Waals surface area contributed by atoms with Crippen molar-refractivity contribution in [1.82, 2.24) is 5.32 Å². The number of thioether (sulfide) groups is 1. The van der Waals surface area contributed by atoms with E-state index in [1.54, 1.807) is 11.8 Å². The van der Waals surface area contributed by atoms with Crippen LogP contribution in [0.3, 0.4) is 0 Å². The molecule has 1 N–H and O–H groups in total. The second-order valence-corrected chi connectivity index (χ2v) is 6.71. The summed E-state index contributed by atoms with van der Waals surface area (Å²) < 4.78 is 11.2. The molecule has 0 fully saturated rings. The predicted octanol–water partition coefficient (Wildman–Crippen LogP) is 4.49. The van der Waals surface area contributed by atoms with E-state index in [0.29, 0.717) is 19.8 Å². The molecule has 0 bridgehead atoms. The highest BCUT2D eigenvalue weighted by molar-refractivity contribution is 7.98. The summed E-state index contributed by atoms with van der Waals surface area (Å²) in [5.41, 5.74) is 2.82. The van der Waals surface area contributed by atoms with Gasteiger partial charge in [-0.1, -0.05) is 12.1 Å². The normalized spacial score (nSPS) is 10.5. The molecule has 0 aromatic heterocycles. The van der Waals surface area contributed by atoms with Crippen molar-refractivity contribution < 1.29 is 14.3 Å². The highest BCUT2D eigenvalue weighted by atomic mass is 32.2. The standard InChI is InChI=1S/C21H27NO3S/c1-5-24-19-10-8-16(13-20(19)25-6-2)11-12-22-21(23)18-14-17(26-4)9-7-15(18)3/h7-10,13-14H,5-6,11-12H2,1-4H3,(H,22,23).